The van der Waals surface area contributed by atoms with Crippen LogP contribution in [0.15, 0.2) is 30.0 Å². The first-order valence-corrected chi connectivity index (χ1v) is 11.5. The Morgan fingerprint density at radius 2 is 1.51 bits per heavy atom. The van der Waals surface area contributed by atoms with Crippen LogP contribution in [0.1, 0.15) is 31.2 Å². The van der Waals surface area contributed by atoms with E-state index in [0.29, 0.717) is 17.8 Å². The molecule has 0 aliphatic rings. The van der Waals surface area contributed by atoms with E-state index < -0.39 is 47.9 Å². The van der Waals surface area contributed by atoms with E-state index in [2.05, 4.69) is 40.9 Å². The standard InChI is InChI=1S/C21H33N11O5/c1-11(20(36)37)30-18(34)15(3-2-4-27-21(23)24)31-19(35)16(6-13-8-26-10-29-13)32-17(33)14(22)5-12-7-25-9-28-12/h7-11,14-16H,2-6,22H2,1H3,(H,25,28)(H,26,29)(H,30,34)(H,31,35)(H,32,33)(H,36,37)(H4,23,24,27). The Hall–Kier alpha value is -4.47. The molecule has 3 amide bonds. The first kappa shape index (κ1) is 28.8. The van der Waals surface area contributed by atoms with E-state index in [-0.39, 0.29) is 31.8 Å². The normalized spacial score (nSPS) is 14.0. The van der Waals surface area contributed by atoms with Crippen LogP contribution in [0.25, 0.3) is 0 Å². The predicted octanol–water partition coefficient (Wildman–Crippen LogP) is -3.14. The summed E-state index contributed by atoms with van der Waals surface area (Å²) in [5.74, 6) is -3.35. The highest BCUT2D eigenvalue weighted by atomic mass is 16.4. The van der Waals surface area contributed by atoms with Gasteiger partial charge in [0.15, 0.2) is 5.96 Å². The van der Waals surface area contributed by atoms with Gasteiger partial charge in [-0.05, 0) is 19.8 Å². The number of carboxylic acids is 1. The lowest BCUT2D eigenvalue weighted by Crippen LogP contribution is -2.57. The average molecular weight is 520 g/mol. The molecule has 2 rings (SSSR count). The van der Waals surface area contributed by atoms with Gasteiger partial charge in [0.05, 0.1) is 18.7 Å². The lowest BCUT2D eigenvalue weighted by atomic mass is 10.1. The Morgan fingerprint density at radius 1 is 0.946 bits per heavy atom. The molecule has 0 aliphatic carbocycles. The van der Waals surface area contributed by atoms with Crippen molar-refractivity contribution in [3.05, 3.63) is 36.4 Å². The van der Waals surface area contributed by atoms with Crippen molar-refractivity contribution in [3.8, 4) is 0 Å². The van der Waals surface area contributed by atoms with Crippen LogP contribution in [0.4, 0.5) is 0 Å². The van der Waals surface area contributed by atoms with Gasteiger partial charge in [-0.2, -0.15) is 0 Å². The van der Waals surface area contributed by atoms with Crippen molar-refractivity contribution in [2.45, 2.75) is 56.8 Å². The molecule has 16 heteroatoms. The number of guanidine groups is 1. The second-order valence-corrected chi connectivity index (χ2v) is 8.31. The lowest BCUT2D eigenvalue weighted by molar-refractivity contribution is -0.141. The number of aromatic nitrogens is 4. The van der Waals surface area contributed by atoms with Gasteiger partial charge in [0, 0.05) is 43.2 Å². The number of nitrogens with two attached hydrogens (primary N) is 3. The van der Waals surface area contributed by atoms with Crippen molar-refractivity contribution in [1.29, 1.82) is 0 Å². The zero-order valence-electron chi connectivity index (χ0n) is 20.3. The first-order valence-electron chi connectivity index (χ1n) is 11.5. The van der Waals surface area contributed by atoms with E-state index in [1.165, 1.54) is 32.0 Å². The number of carbonyl (C=O) groups is 4. The zero-order valence-corrected chi connectivity index (χ0v) is 20.3. The van der Waals surface area contributed by atoms with E-state index in [1.807, 2.05) is 0 Å². The second-order valence-electron chi connectivity index (χ2n) is 8.31. The third-order valence-electron chi connectivity index (χ3n) is 5.25. The number of carbonyl (C=O) groups excluding carboxylic acids is 3. The molecule has 0 aromatic carbocycles. The summed E-state index contributed by atoms with van der Waals surface area (Å²) in [5.41, 5.74) is 17.8. The fourth-order valence-corrected chi connectivity index (χ4v) is 3.25. The Kier molecular flexibility index (Phi) is 11.0. The molecule has 4 unspecified atom stereocenters. The van der Waals surface area contributed by atoms with Crippen LogP contribution in [0.3, 0.4) is 0 Å². The second kappa shape index (κ2) is 14.2. The molecule has 2 aromatic rings. The predicted molar refractivity (Wildman–Crippen MR) is 132 cm³/mol. The van der Waals surface area contributed by atoms with Crippen LogP contribution in [-0.4, -0.2) is 85.4 Å². The number of aromatic amines is 2. The molecular weight excluding hydrogens is 486 g/mol. The number of rotatable bonds is 15. The third-order valence-corrected chi connectivity index (χ3v) is 5.25. The molecule has 37 heavy (non-hydrogen) atoms. The number of H-pyrrole nitrogens is 2. The van der Waals surface area contributed by atoms with Crippen LogP contribution in [0, 0.1) is 0 Å². The number of amides is 3. The maximum Gasteiger partial charge on any atom is 0.325 e. The number of imidazole rings is 2. The zero-order chi connectivity index (χ0) is 27.4. The minimum Gasteiger partial charge on any atom is -0.480 e. The van der Waals surface area contributed by atoms with Crippen LogP contribution in [0.2, 0.25) is 0 Å². The number of hydrogen-bond acceptors (Lipinski definition) is 8. The van der Waals surface area contributed by atoms with Gasteiger partial charge in [-0.3, -0.25) is 24.2 Å². The Bertz CT molecular complexity index is 1050. The maximum absolute atomic E-state index is 13.2. The van der Waals surface area contributed by atoms with E-state index >= 15 is 0 Å². The first-order chi connectivity index (χ1) is 17.6. The molecule has 16 nitrogen and oxygen atoms in total. The minimum atomic E-state index is -1.24. The van der Waals surface area contributed by atoms with Crippen LogP contribution >= 0.6 is 0 Å². The van der Waals surface area contributed by atoms with Crippen molar-refractivity contribution in [1.82, 2.24) is 35.9 Å². The number of aliphatic imine (C=N–C) groups is 1. The third kappa shape index (κ3) is 9.96. The van der Waals surface area contributed by atoms with Gasteiger partial charge in [0.25, 0.3) is 0 Å². The summed E-state index contributed by atoms with van der Waals surface area (Å²) in [6.07, 6.45) is 6.50. The van der Waals surface area contributed by atoms with Crippen molar-refractivity contribution >= 4 is 29.7 Å². The molecule has 0 radical (unpaired) electrons. The SMILES string of the molecule is CC(NC(=O)C(CCCN=C(N)N)NC(=O)C(Cc1cnc[nH]1)NC(=O)C(N)Cc1cnc[nH]1)C(=O)O. The smallest absolute Gasteiger partial charge is 0.325 e. The molecule has 202 valence electrons. The fourth-order valence-electron chi connectivity index (χ4n) is 3.25. The van der Waals surface area contributed by atoms with Crippen molar-refractivity contribution in [2.24, 2.45) is 22.2 Å². The summed E-state index contributed by atoms with van der Waals surface area (Å²) in [4.78, 5) is 67.3. The molecule has 0 fully saturated rings. The fraction of sp³-hybridized carbons (Fsp3) is 0.476. The van der Waals surface area contributed by atoms with E-state index in [4.69, 9.17) is 22.3 Å². The number of hydrogen-bond donors (Lipinski definition) is 9. The Balaban J connectivity index is 2.14. The molecule has 2 aromatic heterocycles. The topological polar surface area (TPSA) is 272 Å². The molecule has 0 saturated heterocycles. The highest BCUT2D eigenvalue weighted by Gasteiger charge is 2.29. The minimum absolute atomic E-state index is 0.0300. The summed E-state index contributed by atoms with van der Waals surface area (Å²) >= 11 is 0. The van der Waals surface area contributed by atoms with Gasteiger partial charge in [0.1, 0.15) is 18.1 Å². The van der Waals surface area contributed by atoms with Crippen molar-refractivity contribution in [2.75, 3.05) is 6.54 Å². The molecule has 0 bridgehead atoms. The molecule has 0 spiro atoms. The van der Waals surface area contributed by atoms with Crippen LogP contribution < -0.4 is 33.2 Å². The van der Waals surface area contributed by atoms with Crippen LogP contribution in [-0.2, 0) is 32.0 Å². The van der Waals surface area contributed by atoms with E-state index in [1.54, 1.807) is 0 Å². The molecular formula is C21H33N11O5. The van der Waals surface area contributed by atoms with E-state index in [0.717, 1.165) is 0 Å². The summed E-state index contributed by atoms with van der Waals surface area (Å²) in [7, 11) is 0. The number of nitrogens with one attached hydrogen (secondary N) is 5. The van der Waals surface area contributed by atoms with E-state index in [9.17, 15) is 19.2 Å². The van der Waals surface area contributed by atoms with Gasteiger partial charge < -0.3 is 48.2 Å². The number of nitrogens with zero attached hydrogens (tertiary/aromatic N) is 3. The maximum atomic E-state index is 13.2. The summed E-state index contributed by atoms with van der Waals surface area (Å²) < 4.78 is 0. The van der Waals surface area contributed by atoms with Crippen LogP contribution in [0.5, 0.6) is 0 Å². The molecule has 0 aliphatic heterocycles. The highest BCUT2D eigenvalue weighted by Crippen LogP contribution is 2.05. The Labute approximate surface area is 212 Å². The van der Waals surface area contributed by atoms with Crippen molar-refractivity contribution in [3.63, 3.8) is 0 Å². The monoisotopic (exact) mass is 519 g/mol. The molecule has 0 saturated carbocycles. The average Bonchev–Trinajstić information content (AvgIpc) is 3.54. The highest BCUT2D eigenvalue weighted by molar-refractivity contribution is 5.94. The summed E-state index contributed by atoms with van der Waals surface area (Å²) in [6.45, 7) is 1.48. The van der Waals surface area contributed by atoms with Gasteiger partial charge in [-0.25, -0.2) is 9.97 Å². The molecule has 2 heterocycles. The quantitative estimate of drug-likeness (QED) is 0.0647. The lowest BCUT2D eigenvalue weighted by Gasteiger charge is -2.24. The Morgan fingerprint density at radius 3 is 2.05 bits per heavy atom. The van der Waals surface area contributed by atoms with Gasteiger partial charge in [-0.1, -0.05) is 0 Å². The van der Waals surface area contributed by atoms with Crippen molar-refractivity contribution < 1.29 is 24.3 Å². The molecule has 12 N–H and O–H groups in total. The molecule has 4 atom stereocenters. The number of carboxylic acid groups (broad SMARTS) is 1. The van der Waals surface area contributed by atoms with Gasteiger partial charge in [-0.15, -0.1) is 0 Å². The summed E-state index contributed by atoms with van der Waals surface area (Å²) in [6, 6.07) is -4.41. The van der Waals surface area contributed by atoms with Gasteiger partial charge >= 0.3 is 5.97 Å². The summed E-state index contributed by atoms with van der Waals surface area (Å²) in [5, 5.41) is 16.7. The van der Waals surface area contributed by atoms with Gasteiger partial charge in [0.2, 0.25) is 17.7 Å². The largest absolute Gasteiger partial charge is 0.480 e. The number of aliphatic carboxylic acids is 1.